The lowest BCUT2D eigenvalue weighted by atomic mass is 9.93. The van der Waals surface area contributed by atoms with Crippen LogP contribution in [0.3, 0.4) is 0 Å². The third-order valence-corrected chi connectivity index (χ3v) is 3.59. The number of nitrogens with one attached hydrogen (secondary N) is 2. The molecule has 0 radical (unpaired) electrons. The summed E-state index contributed by atoms with van der Waals surface area (Å²) in [4.78, 5) is 47.4. The van der Waals surface area contributed by atoms with Crippen LogP contribution in [0.5, 0.6) is 0 Å². The minimum absolute atomic E-state index is 0.333. The smallest absolute Gasteiger partial charge is 0.405 e. The zero-order valence-electron chi connectivity index (χ0n) is 13.2. The maximum Gasteiger partial charge on any atom is 0.405 e. The number of urea groups is 1. The summed E-state index contributed by atoms with van der Waals surface area (Å²) in [5, 5.41) is 4.02. The number of halogens is 3. The van der Waals surface area contributed by atoms with Crippen molar-refractivity contribution < 1.29 is 37.1 Å². The quantitative estimate of drug-likeness (QED) is 0.507. The van der Waals surface area contributed by atoms with Gasteiger partial charge in [0.2, 0.25) is 0 Å². The lowest BCUT2D eigenvalue weighted by molar-refractivity contribution is -0.153. The Labute approximate surface area is 135 Å². The van der Waals surface area contributed by atoms with E-state index in [-0.39, 0.29) is 0 Å². The minimum Gasteiger partial charge on any atom is -0.454 e. The number of imide groups is 1. The molecule has 1 rings (SSSR count). The summed E-state index contributed by atoms with van der Waals surface area (Å²) in [6.45, 7) is 0.194. The number of carbonyl (C=O) groups is 4. The average molecular weight is 353 g/mol. The molecule has 0 aromatic rings. The Morgan fingerprint density at radius 3 is 2.29 bits per heavy atom. The van der Waals surface area contributed by atoms with Crippen molar-refractivity contribution in [2.24, 2.45) is 0 Å². The van der Waals surface area contributed by atoms with Crippen LogP contribution < -0.4 is 10.6 Å². The van der Waals surface area contributed by atoms with E-state index in [0.29, 0.717) is 17.7 Å². The van der Waals surface area contributed by atoms with Crippen LogP contribution in [-0.4, -0.2) is 60.1 Å². The third-order valence-electron chi connectivity index (χ3n) is 3.59. The number of hydrogen-bond acceptors (Lipinski definition) is 5. The Balaban J connectivity index is 2.50. The van der Waals surface area contributed by atoms with Gasteiger partial charge in [0, 0.05) is 0 Å². The van der Waals surface area contributed by atoms with Crippen molar-refractivity contribution >= 4 is 23.8 Å². The fourth-order valence-corrected chi connectivity index (χ4v) is 2.12. The highest BCUT2D eigenvalue weighted by atomic mass is 19.4. The maximum atomic E-state index is 12.2. The zero-order chi connectivity index (χ0) is 18.5. The summed E-state index contributed by atoms with van der Waals surface area (Å²) in [6, 6.07) is -0.762. The Kier molecular flexibility index (Phi) is 6.16. The molecule has 1 aliphatic heterocycles. The molecule has 24 heavy (non-hydrogen) atoms. The van der Waals surface area contributed by atoms with Crippen LogP contribution >= 0.6 is 0 Å². The van der Waals surface area contributed by atoms with Gasteiger partial charge in [-0.15, -0.1) is 0 Å². The van der Waals surface area contributed by atoms with E-state index in [4.69, 9.17) is 0 Å². The minimum atomic E-state index is -4.58. The molecule has 1 saturated heterocycles. The fraction of sp³-hybridized carbons (Fsp3) is 0.692. The van der Waals surface area contributed by atoms with Gasteiger partial charge in [0.1, 0.15) is 18.6 Å². The van der Waals surface area contributed by atoms with Crippen LogP contribution in [0.1, 0.15) is 26.7 Å². The first-order valence-corrected chi connectivity index (χ1v) is 7.18. The zero-order valence-corrected chi connectivity index (χ0v) is 13.2. The van der Waals surface area contributed by atoms with Gasteiger partial charge < -0.3 is 15.4 Å². The average Bonchev–Trinajstić information content (AvgIpc) is 2.75. The molecule has 0 saturated carbocycles. The van der Waals surface area contributed by atoms with Crippen LogP contribution in [0.4, 0.5) is 18.0 Å². The van der Waals surface area contributed by atoms with Crippen molar-refractivity contribution in [1.82, 2.24) is 15.5 Å². The summed E-state index contributed by atoms with van der Waals surface area (Å²) in [6.07, 6.45) is -3.91. The van der Waals surface area contributed by atoms with Crippen molar-refractivity contribution in [3.63, 3.8) is 0 Å². The number of nitrogens with zero attached hydrogens (tertiary/aromatic N) is 1. The van der Waals surface area contributed by atoms with Gasteiger partial charge in [-0.25, -0.2) is 4.79 Å². The first-order chi connectivity index (χ1) is 11.0. The van der Waals surface area contributed by atoms with Gasteiger partial charge in [0.25, 0.3) is 11.8 Å². The number of carbonyl (C=O) groups excluding carboxylic acids is 4. The highest BCUT2D eigenvalue weighted by Crippen LogP contribution is 2.24. The van der Waals surface area contributed by atoms with Crippen LogP contribution in [0, 0.1) is 0 Å². The Hall–Kier alpha value is -2.33. The SMILES string of the molecule is CCC1(CC)NC(=O)N(CC(=O)OCC(=O)NCC(F)(F)F)C1=O. The number of hydrogen-bond donors (Lipinski definition) is 2. The molecule has 0 atom stereocenters. The molecule has 8 nitrogen and oxygen atoms in total. The summed E-state index contributed by atoms with van der Waals surface area (Å²) in [7, 11) is 0. The molecular formula is C13H18F3N3O5. The third kappa shape index (κ3) is 4.83. The molecule has 0 aliphatic carbocycles. The van der Waals surface area contributed by atoms with Crippen molar-refractivity contribution in [3.05, 3.63) is 0 Å². The van der Waals surface area contributed by atoms with E-state index in [0.717, 1.165) is 0 Å². The van der Waals surface area contributed by atoms with Gasteiger partial charge in [-0.2, -0.15) is 13.2 Å². The number of amides is 4. The van der Waals surface area contributed by atoms with Gasteiger partial charge in [0.05, 0.1) is 0 Å². The molecule has 0 aromatic heterocycles. The second kappa shape index (κ2) is 7.49. The van der Waals surface area contributed by atoms with E-state index in [9.17, 15) is 32.3 Å². The van der Waals surface area contributed by atoms with Crippen molar-refractivity contribution in [3.8, 4) is 0 Å². The molecule has 11 heteroatoms. The molecule has 0 aromatic carbocycles. The lowest BCUT2D eigenvalue weighted by Crippen LogP contribution is -2.46. The van der Waals surface area contributed by atoms with Gasteiger partial charge in [-0.3, -0.25) is 19.3 Å². The highest BCUT2D eigenvalue weighted by molar-refractivity contribution is 6.08. The molecule has 1 aliphatic rings. The van der Waals surface area contributed by atoms with E-state index < -0.39 is 55.2 Å². The molecule has 1 fully saturated rings. The van der Waals surface area contributed by atoms with Crippen LogP contribution in [0.25, 0.3) is 0 Å². The standard InChI is InChI=1S/C13H18F3N3O5/c1-3-12(4-2)10(22)19(11(23)18-12)5-9(21)24-6-8(20)17-7-13(14,15)16/h3-7H2,1-2H3,(H,17,20)(H,18,23). The molecule has 0 unspecified atom stereocenters. The molecular weight excluding hydrogens is 335 g/mol. The number of rotatable bonds is 7. The van der Waals surface area contributed by atoms with Crippen LogP contribution in [0.2, 0.25) is 0 Å². The van der Waals surface area contributed by atoms with Gasteiger partial charge in [-0.1, -0.05) is 13.8 Å². The molecule has 136 valence electrons. The summed E-state index contributed by atoms with van der Waals surface area (Å²) in [5.41, 5.74) is -1.08. The van der Waals surface area contributed by atoms with E-state index in [1.54, 1.807) is 13.8 Å². The molecule has 0 spiro atoms. The van der Waals surface area contributed by atoms with Gasteiger partial charge in [0.15, 0.2) is 6.61 Å². The fourth-order valence-electron chi connectivity index (χ4n) is 2.12. The predicted molar refractivity (Wildman–Crippen MR) is 73.6 cm³/mol. The van der Waals surface area contributed by atoms with E-state index >= 15 is 0 Å². The first-order valence-electron chi connectivity index (χ1n) is 7.18. The lowest BCUT2D eigenvalue weighted by Gasteiger charge is -2.22. The monoisotopic (exact) mass is 353 g/mol. The number of alkyl halides is 3. The molecule has 0 bridgehead atoms. The highest BCUT2D eigenvalue weighted by Gasteiger charge is 2.49. The normalized spacial score (nSPS) is 16.8. The second-order valence-electron chi connectivity index (χ2n) is 5.16. The largest absolute Gasteiger partial charge is 0.454 e. The summed E-state index contributed by atoms with van der Waals surface area (Å²) in [5.74, 6) is -2.81. The van der Waals surface area contributed by atoms with E-state index in [1.807, 2.05) is 0 Å². The van der Waals surface area contributed by atoms with Crippen LogP contribution in [0.15, 0.2) is 0 Å². The molecule has 2 N–H and O–H groups in total. The number of esters is 1. The van der Waals surface area contributed by atoms with Gasteiger partial charge in [-0.05, 0) is 12.8 Å². The number of ether oxygens (including phenoxy) is 1. The predicted octanol–water partition coefficient (Wildman–Crippen LogP) is 0.319. The van der Waals surface area contributed by atoms with Crippen molar-refractivity contribution in [2.75, 3.05) is 19.7 Å². The summed E-state index contributed by atoms with van der Waals surface area (Å²) < 4.78 is 40.2. The Bertz CT molecular complexity index is 531. The van der Waals surface area contributed by atoms with E-state index in [2.05, 4.69) is 10.1 Å². The van der Waals surface area contributed by atoms with Gasteiger partial charge >= 0.3 is 18.2 Å². The topological polar surface area (TPSA) is 105 Å². The molecule has 1 heterocycles. The molecule has 4 amide bonds. The maximum absolute atomic E-state index is 12.2. The summed E-state index contributed by atoms with van der Waals surface area (Å²) >= 11 is 0. The van der Waals surface area contributed by atoms with Crippen molar-refractivity contribution in [1.29, 1.82) is 0 Å². The first kappa shape index (κ1) is 19.7. The van der Waals surface area contributed by atoms with E-state index in [1.165, 1.54) is 5.32 Å². The Morgan fingerprint density at radius 2 is 1.83 bits per heavy atom. The second-order valence-corrected chi connectivity index (χ2v) is 5.16. The Morgan fingerprint density at radius 1 is 1.25 bits per heavy atom. The van der Waals surface area contributed by atoms with Crippen molar-refractivity contribution in [2.45, 2.75) is 38.4 Å². The van der Waals surface area contributed by atoms with Crippen LogP contribution in [-0.2, 0) is 19.1 Å².